The van der Waals surface area contributed by atoms with Gasteiger partial charge >= 0.3 is 0 Å². The predicted molar refractivity (Wildman–Crippen MR) is 114 cm³/mol. The molecule has 9 heteroatoms. The minimum absolute atomic E-state index is 0.177. The third-order valence-corrected chi connectivity index (χ3v) is 5.61. The van der Waals surface area contributed by atoms with Crippen molar-refractivity contribution in [3.05, 3.63) is 59.3 Å². The van der Waals surface area contributed by atoms with E-state index in [0.717, 1.165) is 28.1 Å². The molecule has 0 saturated heterocycles. The maximum atomic E-state index is 14.2. The van der Waals surface area contributed by atoms with Gasteiger partial charge in [-0.05, 0) is 32.0 Å². The van der Waals surface area contributed by atoms with E-state index in [0.29, 0.717) is 24.2 Å². The normalized spacial score (nSPS) is 15.2. The molecule has 1 aliphatic rings. The largest absolute Gasteiger partial charge is 0.467 e. The fourth-order valence-electron chi connectivity index (χ4n) is 4.15. The Balaban J connectivity index is 1.82. The first-order chi connectivity index (χ1) is 15.0. The van der Waals surface area contributed by atoms with Gasteiger partial charge in [-0.25, -0.2) is 14.4 Å². The van der Waals surface area contributed by atoms with Crippen LogP contribution in [0.5, 0.6) is 5.88 Å². The third kappa shape index (κ3) is 3.13. The minimum Gasteiger partial charge on any atom is -0.467 e. The van der Waals surface area contributed by atoms with Gasteiger partial charge in [0.2, 0.25) is 0 Å². The molecule has 0 fully saturated rings. The van der Waals surface area contributed by atoms with E-state index in [9.17, 15) is 4.39 Å². The highest BCUT2D eigenvalue weighted by Gasteiger charge is 2.25. The fourth-order valence-corrected chi connectivity index (χ4v) is 4.15. The number of fused-ring (bicyclic) bond motifs is 7. The molecule has 1 aliphatic heterocycles. The Kier molecular flexibility index (Phi) is 4.46. The molecule has 0 saturated carbocycles. The Bertz CT molecular complexity index is 1290. The number of halogens is 1. The molecule has 1 aromatic carbocycles. The summed E-state index contributed by atoms with van der Waals surface area (Å²) in [6, 6.07) is 4.69. The van der Waals surface area contributed by atoms with Crippen LogP contribution in [-0.2, 0) is 20.0 Å². The van der Waals surface area contributed by atoms with Crippen LogP contribution in [0.2, 0.25) is 0 Å². The summed E-state index contributed by atoms with van der Waals surface area (Å²) >= 11 is 0. The Labute approximate surface area is 178 Å². The number of nitrogens with zero attached hydrogens (tertiary/aromatic N) is 6. The van der Waals surface area contributed by atoms with Gasteiger partial charge in [-0.3, -0.25) is 9.36 Å². The Morgan fingerprint density at radius 3 is 2.74 bits per heavy atom. The van der Waals surface area contributed by atoms with Crippen LogP contribution in [-0.4, -0.2) is 29.5 Å². The average molecular weight is 419 g/mol. The summed E-state index contributed by atoms with van der Waals surface area (Å²) in [5, 5.41) is 9.02. The maximum absolute atomic E-state index is 14.2. The molecule has 3 aromatic heterocycles. The minimum atomic E-state index is -0.518. The molecule has 8 nitrogen and oxygen atoms in total. The first kappa shape index (κ1) is 19.2. The molecule has 4 heterocycles. The first-order valence-electron chi connectivity index (χ1n) is 10.1. The molecule has 0 spiro atoms. The van der Waals surface area contributed by atoms with Crippen LogP contribution in [0.4, 0.5) is 10.2 Å². The zero-order valence-electron chi connectivity index (χ0n) is 17.5. The molecule has 31 heavy (non-hydrogen) atoms. The molecule has 0 aliphatic carbocycles. The quantitative estimate of drug-likeness (QED) is 0.507. The topological polar surface area (TPSA) is 96.7 Å². The predicted octanol–water partition coefficient (Wildman–Crippen LogP) is 3.53. The highest BCUT2D eigenvalue weighted by Crippen LogP contribution is 2.37. The van der Waals surface area contributed by atoms with Gasteiger partial charge in [0.05, 0.1) is 30.0 Å². The Hall–Kier alpha value is -3.75. The number of benzene rings is 1. The lowest BCUT2D eigenvalue weighted by Crippen LogP contribution is -2.12. The highest BCUT2D eigenvalue weighted by atomic mass is 19.1. The summed E-state index contributed by atoms with van der Waals surface area (Å²) in [6.07, 6.45) is 5.38. The summed E-state index contributed by atoms with van der Waals surface area (Å²) in [6.45, 7) is 4.54. The third-order valence-electron chi connectivity index (χ3n) is 5.61. The standard InChI is InChI=1S/C22H22FN7O/c1-4-30-20-14(10-27-30)7-13-9-26-29(3)19(13)16-6-5-15(23)8-17(16)12(2)31-22-21(24)25-11-18(20)28-22/h5-6,8-12H,4,7H2,1-3H3,(H2,24,25). The Morgan fingerprint density at radius 1 is 1.16 bits per heavy atom. The second-order valence-corrected chi connectivity index (χ2v) is 7.59. The molecule has 158 valence electrons. The monoisotopic (exact) mass is 419 g/mol. The lowest BCUT2D eigenvalue weighted by Gasteiger charge is -2.21. The summed E-state index contributed by atoms with van der Waals surface area (Å²) in [4.78, 5) is 8.95. The van der Waals surface area contributed by atoms with E-state index in [1.807, 2.05) is 42.7 Å². The van der Waals surface area contributed by atoms with E-state index < -0.39 is 6.10 Å². The summed E-state index contributed by atoms with van der Waals surface area (Å²) in [5.41, 5.74) is 12.0. The number of nitrogen functional groups attached to an aromatic ring is 1. The number of nitrogens with two attached hydrogens (primary N) is 1. The molecule has 5 rings (SSSR count). The fraction of sp³-hybridized carbons (Fsp3) is 0.273. The highest BCUT2D eigenvalue weighted by molar-refractivity contribution is 5.70. The molecule has 2 N–H and O–H groups in total. The van der Waals surface area contributed by atoms with Gasteiger partial charge in [0.1, 0.15) is 17.6 Å². The van der Waals surface area contributed by atoms with Gasteiger partial charge in [0.15, 0.2) is 5.82 Å². The van der Waals surface area contributed by atoms with Crippen molar-refractivity contribution in [2.75, 3.05) is 5.73 Å². The van der Waals surface area contributed by atoms with E-state index in [-0.39, 0.29) is 17.5 Å². The molecule has 2 bridgehead atoms. The molecule has 4 aromatic rings. The zero-order chi connectivity index (χ0) is 21.7. The number of hydrogen-bond donors (Lipinski definition) is 1. The smallest absolute Gasteiger partial charge is 0.258 e. The molecule has 0 radical (unpaired) electrons. The van der Waals surface area contributed by atoms with Gasteiger partial charge in [-0.1, -0.05) is 0 Å². The van der Waals surface area contributed by atoms with Crippen molar-refractivity contribution < 1.29 is 9.13 Å². The van der Waals surface area contributed by atoms with E-state index in [2.05, 4.69) is 20.2 Å². The van der Waals surface area contributed by atoms with Crippen LogP contribution < -0.4 is 10.5 Å². The van der Waals surface area contributed by atoms with E-state index >= 15 is 0 Å². The van der Waals surface area contributed by atoms with Crippen molar-refractivity contribution in [2.24, 2.45) is 7.05 Å². The second-order valence-electron chi connectivity index (χ2n) is 7.59. The van der Waals surface area contributed by atoms with Crippen LogP contribution in [0.15, 0.2) is 36.8 Å². The van der Waals surface area contributed by atoms with Gasteiger partial charge in [0.25, 0.3) is 5.88 Å². The molecular formula is C22H22FN7O. The molecule has 1 atom stereocenters. The number of aryl methyl sites for hydroxylation is 2. The summed E-state index contributed by atoms with van der Waals surface area (Å²) in [5.74, 6) is 0.0427. The number of aromatic nitrogens is 6. The number of hydrogen-bond acceptors (Lipinski definition) is 6. The number of anilines is 1. The van der Waals surface area contributed by atoms with Crippen LogP contribution in [0.1, 0.15) is 36.6 Å². The van der Waals surface area contributed by atoms with E-state index in [1.54, 1.807) is 12.3 Å². The zero-order valence-corrected chi connectivity index (χ0v) is 17.5. The number of rotatable bonds is 1. The van der Waals surface area contributed by atoms with Crippen molar-refractivity contribution in [1.29, 1.82) is 0 Å². The van der Waals surface area contributed by atoms with Crippen molar-refractivity contribution in [2.45, 2.75) is 32.9 Å². The van der Waals surface area contributed by atoms with Crippen molar-refractivity contribution in [1.82, 2.24) is 29.5 Å². The van der Waals surface area contributed by atoms with Crippen LogP contribution in [0.25, 0.3) is 22.6 Å². The van der Waals surface area contributed by atoms with E-state index in [4.69, 9.17) is 10.5 Å². The van der Waals surface area contributed by atoms with Gasteiger partial charge < -0.3 is 10.5 Å². The van der Waals surface area contributed by atoms with Gasteiger partial charge in [0, 0.05) is 42.3 Å². The first-order valence-corrected chi connectivity index (χ1v) is 10.1. The Morgan fingerprint density at radius 2 is 1.94 bits per heavy atom. The molecule has 1 unspecified atom stereocenters. The van der Waals surface area contributed by atoms with Gasteiger partial charge in [-0.15, -0.1) is 0 Å². The maximum Gasteiger partial charge on any atom is 0.258 e. The lowest BCUT2D eigenvalue weighted by molar-refractivity contribution is 0.218. The second kappa shape index (κ2) is 7.19. The lowest BCUT2D eigenvalue weighted by atomic mass is 9.95. The number of ether oxygens (including phenoxy) is 1. The molecular weight excluding hydrogens is 397 g/mol. The van der Waals surface area contributed by atoms with Crippen molar-refractivity contribution >= 4 is 5.82 Å². The van der Waals surface area contributed by atoms with Crippen molar-refractivity contribution in [3.8, 4) is 28.5 Å². The SMILES string of the molecule is CCn1ncc2c1-c1cnc(N)c(n1)OC(C)c1cc(F)ccc1-c1c(cnn1C)C2. The van der Waals surface area contributed by atoms with E-state index in [1.165, 1.54) is 12.1 Å². The van der Waals surface area contributed by atoms with Crippen LogP contribution in [0, 0.1) is 5.82 Å². The van der Waals surface area contributed by atoms with Crippen molar-refractivity contribution in [3.63, 3.8) is 0 Å². The van der Waals surface area contributed by atoms with Crippen LogP contribution in [0.3, 0.4) is 0 Å². The molecule has 0 amide bonds. The van der Waals surface area contributed by atoms with Gasteiger partial charge in [-0.2, -0.15) is 10.2 Å². The average Bonchev–Trinajstić information content (AvgIpc) is 3.32. The summed E-state index contributed by atoms with van der Waals surface area (Å²) < 4.78 is 24.0. The summed E-state index contributed by atoms with van der Waals surface area (Å²) in [7, 11) is 1.88. The van der Waals surface area contributed by atoms with Crippen LogP contribution >= 0.6 is 0 Å².